The number of alkyl halides is 3. The molecule has 0 aromatic carbocycles. The zero-order chi connectivity index (χ0) is 23.9. The molecule has 0 aliphatic heterocycles. The maximum atomic E-state index is 13.2. The Balaban J connectivity index is 1.54. The zero-order valence-corrected chi connectivity index (χ0v) is 18.1. The third-order valence-corrected chi connectivity index (χ3v) is 5.99. The molecule has 12 heteroatoms. The van der Waals surface area contributed by atoms with Gasteiger partial charge in [0.05, 0.1) is 36.3 Å². The van der Waals surface area contributed by atoms with Crippen molar-refractivity contribution in [3.8, 4) is 0 Å². The van der Waals surface area contributed by atoms with Gasteiger partial charge in [-0.15, -0.1) is 0 Å². The highest BCUT2D eigenvalue weighted by Crippen LogP contribution is 2.32. The fraction of sp³-hybridized carbons (Fsp3) is 0.136. The number of amides is 1. The van der Waals surface area contributed by atoms with Gasteiger partial charge in [-0.2, -0.15) is 13.2 Å². The van der Waals surface area contributed by atoms with Crippen LogP contribution in [0.2, 0.25) is 0 Å². The van der Waals surface area contributed by atoms with Crippen LogP contribution < -0.4 is 5.32 Å². The Labute approximate surface area is 193 Å². The molecule has 0 bridgehead atoms. The van der Waals surface area contributed by atoms with Crippen LogP contribution in [0.1, 0.15) is 26.8 Å². The summed E-state index contributed by atoms with van der Waals surface area (Å²) in [6.45, 7) is -0.0854. The van der Waals surface area contributed by atoms with E-state index >= 15 is 0 Å². The smallest absolute Gasteiger partial charge is 0.389 e. The van der Waals surface area contributed by atoms with E-state index in [0.29, 0.717) is 26.7 Å². The molecule has 5 aromatic rings. The number of pyridine rings is 3. The van der Waals surface area contributed by atoms with Crippen LogP contribution in [0.4, 0.5) is 18.9 Å². The molecular formula is C22H15F3N6O2S. The lowest BCUT2D eigenvalue weighted by molar-refractivity contribution is -0.137. The fourth-order valence-corrected chi connectivity index (χ4v) is 4.25. The summed E-state index contributed by atoms with van der Waals surface area (Å²) in [7, 11) is 0. The quantitative estimate of drug-likeness (QED) is 0.387. The van der Waals surface area contributed by atoms with Gasteiger partial charge in [-0.05, 0) is 30.3 Å². The van der Waals surface area contributed by atoms with Crippen LogP contribution in [0, 0.1) is 0 Å². The topological polar surface area (TPSA) is 106 Å². The number of hydrogen-bond donors (Lipinski definition) is 2. The van der Waals surface area contributed by atoms with Crippen molar-refractivity contribution in [3.05, 3.63) is 76.9 Å². The number of carbonyl (C=O) groups excluding carboxylic acids is 1. The second kappa shape index (κ2) is 8.47. The molecule has 5 rings (SSSR count). The highest BCUT2D eigenvalue weighted by molar-refractivity contribution is 7.18. The lowest BCUT2D eigenvalue weighted by atomic mass is 10.2. The highest BCUT2D eigenvalue weighted by Gasteiger charge is 2.32. The van der Waals surface area contributed by atoms with E-state index in [1.165, 1.54) is 28.2 Å². The molecular weight excluding hydrogens is 469 g/mol. The van der Waals surface area contributed by atoms with Gasteiger partial charge in [0.1, 0.15) is 26.7 Å². The van der Waals surface area contributed by atoms with Crippen molar-refractivity contribution in [3.63, 3.8) is 0 Å². The van der Waals surface area contributed by atoms with Crippen molar-refractivity contribution in [1.29, 1.82) is 0 Å². The van der Waals surface area contributed by atoms with Crippen molar-refractivity contribution in [2.75, 3.05) is 5.32 Å². The third kappa shape index (κ3) is 4.20. The molecule has 5 heterocycles. The first-order chi connectivity index (χ1) is 16.3. The van der Waals surface area contributed by atoms with Crippen molar-refractivity contribution in [2.45, 2.75) is 19.3 Å². The minimum absolute atomic E-state index is 0.113. The zero-order valence-electron chi connectivity index (χ0n) is 17.2. The highest BCUT2D eigenvalue weighted by atomic mass is 32.1. The van der Waals surface area contributed by atoms with Gasteiger partial charge in [0, 0.05) is 17.8 Å². The first kappa shape index (κ1) is 21.9. The molecule has 2 N–H and O–H groups in total. The van der Waals surface area contributed by atoms with E-state index in [1.54, 1.807) is 30.5 Å². The maximum Gasteiger partial charge on any atom is 0.417 e. The number of rotatable bonds is 5. The summed E-state index contributed by atoms with van der Waals surface area (Å²) in [5, 5.41) is 12.6. The molecule has 172 valence electrons. The number of nitrogens with one attached hydrogen (secondary N) is 1. The maximum absolute atomic E-state index is 13.2. The van der Waals surface area contributed by atoms with Gasteiger partial charge in [0.15, 0.2) is 0 Å². The molecule has 1 amide bonds. The molecule has 0 atom stereocenters. The molecule has 0 spiro atoms. The predicted molar refractivity (Wildman–Crippen MR) is 119 cm³/mol. The Morgan fingerprint density at radius 3 is 2.71 bits per heavy atom. The average molecular weight is 484 g/mol. The van der Waals surface area contributed by atoms with Crippen molar-refractivity contribution >= 4 is 44.3 Å². The monoisotopic (exact) mass is 484 g/mol. The van der Waals surface area contributed by atoms with E-state index in [4.69, 9.17) is 0 Å². The number of fused-ring (bicyclic) bond motifs is 2. The standard InChI is InChI=1S/C22H15F3N6O2S/c23-22(24,25)13-5-12-6-17(31(19(12)27-8-13)10-14-3-1-2-4-26-14)20(33)29-15-7-16-21(28-9-15)34-18(11-32)30-16/h1-9,32H,10-11H2,(H,29,33). The number of aliphatic hydroxyl groups is 1. The lowest BCUT2D eigenvalue weighted by Gasteiger charge is -2.11. The van der Waals surface area contributed by atoms with Crippen LogP contribution in [-0.2, 0) is 19.3 Å². The van der Waals surface area contributed by atoms with E-state index in [9.17, 15) is 23.1 Å². The predicted octanol–water partition coefficient (Wildman–Crippen LogP) is 4.25. The summed E-state index contributed by atoms with van der Waals surface area (Å²) in [5.41, 5.74) is 0.910. The number of aliphatic hydroxyl groups excluding tert-OH is 1. The number of nitrogens with zero attached hydrogens (tertiary/aromatic N) is 5. The van der Waals surface area contributed by atoms with Crippen LogP contribution in [0.5, 0.6) is 0 Å². The van der Waals surface area contributed by atoms with E-state index < -0.39 is 17.6 Å². The second-order valence-electron chi connectivity index (χ2n) is 7.34. The van der Waals surface area contributed by atoms with Gasteiger partial charge in [-0.3, -0.25) is 9.78 Å². The number of carbonyl (C=O) groups is 1. The van der Waals surface area contributed by atoms with Gasteiger partial charge < -0.3 is 15.0 Å². The van der Waals surface area contributed by atoms with Crippen molar-refractivity contribution in [1.82, 2.24) is 24.5 Å². The molecule has 8 nitrogen and oxygen atoms in total. The summed E-state index contributed by atoms with van der Waals surface area (Å²) in [6.07, 6.45) is -0.775. The Bertz CT molecular complexity index is 1510. The number of thiazole rings is 1. The molecule has 0 aliphatic rings. The molecule has 0 saturated carbocycles. The number of aromatic nitrogens is 5. The Morgan fingerprint density at radius 2 is 1.97 bits per heavy atom. The molecule has 0 unspecified atom stereocenters. The van der Waals surface area contributed by atoms with Gasteiger partial charge in [0.2, 0.25) is 0 Å². The minimum Gasteiger partial charge on any atom is -0.389 e. The average Bonchev–Trinajstić information content (AvgIpc) is 3.40. The van der Waals surface area contributed by atoms with Crippen LogP contribution in [-0.4, -0.2) is 35.5 Å². The lowest BCUT2D eigenvalue weighted by Crippen LogP contribution is -2.18. The molecule has 0 radical (unpaired) electrons. The summed E-state index contributed by atoms with van der Waals surface area (Å²) in [5.74, 6) is -0.554. The second-order valence-corrected chi connectivity index (χ2v) is 8.40. The molecule has 5 aromatic heterocycles. The minimum atomic E-state index is -4.56. The molecule has 0 saturated heterocycles. The van der Waals surface area contributed by atoms with Gasteiger partial charge in [0.25, 0.3) is 5.91 Å². The van der Waals surface area contributed by atoms with Gasteiger partial charge >= 0.3 is 6.18 Å². The Kier molecular flexibility index (Phi) is 5.46. The molecule has 0 aliphatic carbocycles. The number of hydrogen-bond acceptors (Lipinski definition) is 7. The van der Waals surface area contributed by atoms with E-state index in [2.05, 4.69) is 25.3 Å². The van der Waals surface area contributed by atoms with Crippen molar-refractivity contribution < 1.29 is 23.1 Å². The Hall–Kier alpha value is -3.90. The van der Waals surface area contributed by atoms with Gasteiger partial charge in [-0.25, -0.2) is 15.0 Å². The summed E-state index contributed by atoms with van der Waals surface area (Å²) in [4.78, 5) is 30.5. The number of halogens is 3. The van der Waals surface area contributed by atoms with E-state index in [1.807, 2.05) is 0 Å². The molecule has 34 heavy (non-hydrogen) atoms. The van der Waals surface area contributed by atoms with Crippen molar-refractivity contribution in [2.24, 2.45) is 0 Å². The molecule has 0 fully saturated rings. The largest absolute Gasteiger partial charge is 0.417 e. The van der Waals surface area contributed by atoms with Crippen LogP contribution in [0.25, 0.3) is 21.4 Å². The summed E-state index contributed by atoms with van der Waals surface area (Å²) < 4.78 is 41.1. The third-order valence-electron chi connectivity index (χ3n) is 5.03. The number of anilines is 1. The SMILES string of the molecule is O=C(Nc1cnc2sc(CO)nc2c1)c1cc2cc(C(F)(F)F)cnc2n1Cc1ccccn1. The first-order valence-electron chi connectivity index (χ1n) is 9.96. The summed E-state index contributed by atoms with van der Waals surface area (Å²) >= 11 is 1.24. The first-order valence-corrected chi connectivity index (χ1v) is 10.8. The van der Waals surface area contributed by atoms with E-state index in [-0.39, 0.29) is 29.9 Å². The Morgan fingerprint density at radius 1 is 1.12 bits per heavy atom. The summed E-state index contributed by atoms with van der Waals surface area (Å²) in [6, 6.07) is 9.21. The van der Waals surface area contributed by atoms with Crippen LogP contribution in [0.3, 0.4) is 0 Å². The normalized spacial score (nSPS) is 11.9. The van der Waals surface area contributed by atoms with Crippen LogP contribution >= 0.6 is 11.3 Å². The van der Waals surface area contributed by atoms with E-state index in [0.717, 1.165) is 12.3 Å². The van der Waals surface area contributed by atoms with Gasteiger partial charge in [-0.1, -0.05) is 17.4 Å². The fourth-order valence-electron chi connectivity index (χ4n) is 3.50. The van der Waals surface area contributed by atoms with Crippen LogP contribution in [0.15, 0.2) is 55.0 Å².